The second kappa shape index (κ2) is 5.77. The van der Waals surface area contributed by atoms with E-state index in [1.54, 1.807) is 26.1 Å². The number of amides is 1. The number of aliphatic carboxylic acids is 1. The third kappa shape index (κ3) is 3.81. The van der Waals surface area contributed by atoms with Crippen LogP contribution >= 0.6 is 15.9 Å². The number of pyridine rings is 1. The molecule has 0 aliphatic rings. The lowest BCUT2D eigenvalue weighted by molar-refractivity contribution is -0.141. The fraction of sp³-hybridized carbons (Fsp3) is 0.364. The van der Waals surface area contributed by atoms with Gasteiger partial charge in [-0.15, -0.1) is 0 Å². The van der Waals surface area contributed by atoms with Crippen molar-refractivity contribution in [2.24, 2.45) is 5.92 Å². The largest absolute Gasteiger partial charge is 0.481 e. The van der Waals surface area contributed by atoms with Crippen molar-refractivity contribution in [3.8, 4) is 0 Å². The van der Waals surface area contributed by atoms with Crippen molar-refractivity contribution in [1.82, 2.24) is 9.88 Å². The molecule has 0 saturated carbocycles. The molecule has 92 valence electrons. The fourth-order valence-electron chi connectivity index (χ4n) is 1.27. The Hall–Kier alpha value is -1.43. The number of hydrogen-bond donors (Lipinski definition) is 1. The van der Waals surface area contributed by atoms with E-state index in [2.05, 4.69) is 20.9 Å². The van der Waals surface area contributed by atoms with Gasteiger partial charge in [0.15, 0.2) is 0 Å². The first-order valence-corrected chi connectivity index (χ1v) is 5.81. The zero-order chi connectivity index (χ0) is 13.0. The summed E-state index contributed by atoms with van der Waals surface area (Å²) in [6.07, 6.45) is 1.53. The molecular formula is C11H13BrN2O3. The average Bonchev–Trinajstić information content (AvgIpc) is 2.28. The number of carbonyl (C=O) groups excluding carboxylic acids is 1. The normalized spacial score (nSPS) is 11.9. The summed E-state index contributed by atoms with van der Waals surface area (Å²) in [5.41, 5.74) is 0.299. The van der Waals surface area contributed by atoms with E-state index >= 15 is 0 Å². The summed E-state index contributed by atoms with van der Waals surface area (Å²) in [4.78, 5) is 27.9. The van der Waals surface area contributed by atoms with E-state index in [9.17, 15) is 9.59 Å². The Bertz CT molecular complexity index is 419. The summed E-state index contributed by atoms with van der Waals surface area (Å²) in [6, 6.07) is 3.31. The molecule has 1 aromatic heterocycles. The summed E-state index contributed by atoms with van der Waals surface area (Å²) in [5.74, 6) is -1.81. The summed E-state index contributed by atoms with van der Waals surface area (Å²) in [5, 5.41) is 8.76. The highest BCUT2D eigenvalue weighted by molar-refractivity contribution is 9.10. The standard InChI is InChI=1S/C11H13BrN2O3/c1-7(11(16)17)6-14(2)10(15)9-4-3-8(12)5-13-9/h3-5,7H,6H2,1-2H3,(H,16,17). The molecule has 0 radical (unpaired) electrons. The minimum atomic E-state index is -0.923. The Morgan fingerprint density at radius 2 is 2.18 bits per heavy atom. The molecule has 0 spiro atoms. The molecule has 1 N–H and O–H groups in total. The quantitative estimate of drug-likeness (QED) is 0.917. The van der Waals surface area contributed by atoms with Gasteiger partial charge in [-0.1, -0.05) is 6.92 Å². The van der Waals surface area contributed by atoms with Gasteiger partial charge in [0.2, 0.25) is 0 Å². The van der Waals surface area contributed by atoms with Crippen LogP contribution in [0.3, 0.4) is 0 Å². The van der Waals surface area contributed by atoms with E-state index in [0.717, 1.165) is 4.47 Å². The van der Waals surface area contributed by atoms with Crippen molar-refractivity contribution in [3.63, 3.8) is 0 Å². The van der Waals surface area contributed by atoms with Crippen LogP contribution in [0, 0.1) is 5.92 Å². The van der Waals surface area contributed by atoms with Crippen LogP contribution < -0.4 is 0 Å². The molecule has 1 amide bonds. The molecule has 0 bridgehead atoms. The molecule has 1 atom stereocenters. The zero-order valence-electron chi connectivity index (χ0n) is 9.55. The van der Waals surface area contributed by atoms with E-state index in [4.69, 9.17) is 5.11 Å². The molecule has 1 heterocycles. The van der Waals surface area contributed by atoms with E-state index in [1.807, 2.05) is 0 Å². The molecule has 1 aromatic rings. The Morgan fingerprint density at radius 3 is 2.65 bits per heavy atom. The van der Waals surface area contributed by atoms with Gasteiger partial charge >= 0.3 is 5.97 Å². The summed E-state index contributed by atoms with van der Waals surface area (Å²) in [7, 11) is 1.56. The van der Waals surface area contributed by atoms with Crippen LogP contribution in [0.15, 0.2) is 22.8 Å². The van der Waals surface area contributed by atoms with Crippen LogP contribution in [0.5, 0.6) is 0 Å². The zero-order valence-corrected chi connectivity index (χ0v) is 11.1. The van der Waals surface area contributed by atoms with Gasteiger partial charge in [-0.25, -0.2) is 4.98 Å². The summed E-state index contributed by atoms with van der Waals surface area (Å²) < 4.78 is 0.788. The van der Waals surface area contributed by atoms with Gasteiger partial charge in [0.05, 0.1) is 5.92 Å². The van der Waals surface area contributed by atoms with Crippen molar-refractivity contribution < 1.29 is 14.7 Å². The molecule has 0 aliphatic heterocycles. The molecular weight excluding hydrogens is 288 g/mol. The Morgan fingerprint density at radius 1 is 1.53 bits per heavy atom. The van der Waals surface area contributed by atoms with Crippen LogP contribution in [0.4, 0.5) is 0 Å². The Labute approximate surface area is 108 Å². The Kier molecular flexibility index (Phi) is 4.62. The van der Waals surface area contributed by atoms with Crippen molar-refractivity contribution >= 4 is 27.8 Å². The van der Waals surface area contributed by atoms with Gasteiger partial charge in [0.25, 0.3) is 5.91 Å². The first-order valence-electron chi connectivity index (χ1n) is 5.01. The lowest BCUT2D eigenvalue weighted by Crippen LogP contribution is -2.34. The van der Waals surface area contributed by atoms with Crippen molar-refractivity contribution in [2.45, 2.75) is 6.92 Å². The number of carbonyl (C=O) groups is 2. The van der Waals surface area contributed by atoms with Crippen LogP contribution in [0.2, 0.25) is 0 Å². The van der Waals surface area contributed by atoms with Crippen molar-refractivity contribution in [1.29, 1.82) is 0 Å². The van der Waals surface area contributed by atoms with Crippen molar-refractivity contribution in [2.75, 3.05) is 13.6 Å². The molecule has 0 aliphatic carbocycles. The van der Waals surface area contributed by atoms with E-state index in [1.165, 1.54) is 11.1 Å². The Balaban J connectivity index is 2.70. The molecule has 0 saturated heterocycles. The fourth-order valence-corrected chi connectivity index (χ4v) is 1.50. The second-order valence-electron chi connectivity index (χ2n) is 3.79. The van der Waals surface area contributed by atoms with Gasteiger partial charge < -0.3 is 10.0 Å². The highest BCUT2D eigenvalue weighted by Crippen LogP contribution is 2.09. The predicted molar refractivity (Wildman–Crippen MR) is 65.7 cm³/mol. The number of carboxylic acid groups (broad SMARTS) is 1. The molecule has 6 heteroatoms. The molecule has 0 aromatic carbocycles. The lowest BCUT2D eigenvalue weighted by Gasteiger charge is -2.18. The molecule has 17 heavy (non-hydrogen) atoms. The van der Waals surface area contributed by atoms with E-state index in [-0.39, 0.29) is 12.5 Å². The first-order chi connectivity index (χ1) is 7.91. The van der Waals surface area contributed by atoms with Crippen LogP contribution in [-0.2, 0) is 4.79 Å². The highest BCUT2D eigenvalue weighted by atomic mass is 79.9. The minimum Gasteiger partial charge on any atom is -0.481 e. The van der Waals surface area contributed by atoms with Gasteiger partial charge in [0, 0.05) is 24.3 Å². The van der Waals surface area contributed by atoms with Crippen LogP contribution in [-0.4, -0.2) is 40.5 Å². The third-order valence-electron chi connectivity index (χ3n) is 2.26. The predicted octanol–water partition coefficient (Wildman–Crippen LogP) is 1.64. The highest BCUT2D eigenvalue weighted by Gasteiger charge is 2.19. The average molecular weight is 301 g/mol. The maximum atomic E-state index is 11.9. The molecule has 5 nitrogen and oxygen atoms in total. The third-order valence-corrected chi connectivity index (χ3v) is 2.73. The number of carboxylic acids is 1. The number of nitrogens with zero attached hydrogens (tertiary/aromatic N) is 2. The van der Waals surface area contributed by atoms with Gasteiger partial charge in [0.1, 0.15) is 5.69 Å². The smallest absolute Gasteiger partial charge is 0.308 e. The van der Waals surface area contributed by atoms with Crippen LogP contribution in [0.25, 0.3) is 0 Å². The topological polar surface area (TPSA) is 70.5 Å². The van der Waals surface area contributed by atoms with Crippen molar-refractivity contribution in [3.05, 3.63) is 28.5 Å². The number of hydrogen-bond acceptors (Lipinski definition) is 3. The maximum absolute atomic E-state index is 11.9. The maximum Gasteiger partial charge on any atom is 0.308 e. The van der Waals surface area contributed by atoms with Gasteiger partial charge in [-0.05, 0) is 28.1 Å². The molecule has 0 fully saturated rings. The van der Waals surface area contributed by atoms with Gasteiger partial charge in [-0.2, -0.15) is 0 Å². The number of halogens is 1. The van der Waals surface area contributed by atoms with E-state index < -0.39 is 11.9 Å². The minimum absolute atomic E-state index is 0.159. The first kappa shape index (κ1) is 13.6. The monoisotopic (exact) mass is 300 g/mol. The van der Waals surface area contributed by atoms with Gasteiger partial charge in [-0.3, -0.25) is 9.59 Å². The number of aromatic nitrogens is 1. The molecule has 1 rings (SSSR count). The van der Waals surface area contributed by atoms with E-state index in [0.29, 0.717) is 5.69 Å². The lowest BCUT2D eigenvalue weighted by atomic mass is 10.1. The molecule has 1 unspecified atom stereocenters. The summed E-state index contributed by atoms with van der Waals surface area (Å²) >= 11 is 3.23. The van der Waals surface area contributed by atoms with Crippen LogP contribution in [0.1, 0.15) is 17.4 Å². The number of rotatable bonds is 4. The summed E-state index contributed by atoms with van der Waals surface area (Å²) in [6.45, 7) is 1.72. The second-order valence-corrected chi connectivity index (χ2v) is 4.70. The SMILES string of the molecule is CC(CN(C)C(=O)c1ccc(Br)cn1)C(=O)O.